The van der Waals surface area contributed by atoms with Crippen molar-refractivity contribution in [3.63, 3.8) is 0 Å². The van der Waals surface area contributed by atoms with Gasteiger partial charge in [-0.25, -0.2) is 12.4 Å². The molecule has 0 radical (unpaired) electrons. The van der Waals surface area contributed by atoms with E-state index in [0.717, 1.165) is 16.8 Å². The summed E-state index contributed by atoms with van der Waals surface area (Å²) in [4.78, 5) is 4.01. The van der Waals surface area contributed by atoms with Gasteiger partial charge in [0.25, 0.3) is 0 Å². The van der Waals surface area contributed by atoms with Crippen LogP contribution in [0.5, 0.6) is 0 Å². The van der Waals surface area contributed by atoms with Crippen LogP contribution in [-0.4, -0.2) is 30.2 Å². The summed E-state index contributed by atoms with van der Waals surface area (Å²) in [6.07, 6.45) is 8.37. The normalized spacial score (nSPS) is 11.7. The Bertz CT molecular complexity index is 962. The van der Waals surface area contributed by atoms with E-state index < -0.39 is 10.0 Å². The number of benzene rings is 1. The zero-order chi connectivity index (χ0) is 17.7. The first-order valence-corrected chi connectivity index (χ1v) is 9.46. The number of anilines is 1. The minimum atomic E-state index is -3.53. The highest BCUT2D eigenvalue weighted by atomic mass is 32.2. The van der Waals surface area contributed by atoms with Crippen LogP contribution in [0.4, 0.5) is 5.69 Å². The molecule has 6 heteroatoms. The van der Waals surface area contributed by atoms with Crippen molar-refractivity contribution in [2.24, 2.45) is 0 Å². The van der Waals surface area contributed by atoms with E-state index in [0.29, 0.717) is 5.69 Å². The topological polar surface area (TPSA) is 64.0 Å². The third kappa shape index (κ3) is 3.97. The van der Waals surface area contributed by atoms with Crippen molar-refractivity contribution >= 4 is 21.8 Å². The predicted molar refractivity (Wildman–Crippen MR) is 102 cm³/mol. The van der Waals surface area contributed by atoms with Gasteiger partial charge in [-0.1, -0.05) is 48.6 Å². The summed E-state index contributed by atoms with van der Waals surface area (Å²) in [7, 11) is -1.76. The highest BCUT2D eigenvalue weighted by Gasteiger charge is 2.18. The number of hydrogen-bond donors (Lipinski definition) is 1. The Balaban J connectivity index is 1.92. The number of nitrogens with one attached hydrogen (secondary N) is 1. The van der Waals surface area contributed by atoms with Crippen LogP contribution in [0, 0.1) is 0 Å². The molecule has 0 saturated heterocycles. The van der Waals surface area contributed by atoms with E-state index in [2.05, 4.69) is 10.3 Å². The van der Waals surface area contributed by atoms with Gasteiger partial charge in [0.2, 0.25) is 10.0 Å². The van der Waals surface area contributed by atoms with Crippen LogP contribution < -0.4 is 5.32 Å². The Labute approximate surface area is 147 Å². The maximum atomic E-state index is 12.8. The molecule has 0 aliphatic rings. The third-order valence-electron chi connectivity index (χ3n) is 3.75. The molecule has 3 aromatic rings. The average molecular weight is 353 g/mol. The molecule has 0 aliphatic heterocycles. The van der Waals surface area contributed by atoms with E-state index in [1.807, 2.05) is 48.5 Å². The molecule has 2 heterocycles. The SMILES string of the molecule is CNc1cc(-c2ccccc2)n(S(=O)(=O)CC=Cc2cccnc2)c1. The molecular weight excluding hydrogens is 334 g/mol. The highest BCUT2D eigenvalue weighted by molar-refractivity contribution is 7.90. The summed E-state index contributed by atoms with van der Waals surface area (Å²) in [6.45, 7) is 0. The van der Waals surface area contributed by atoms with Gasteiger partial charge in [-0.15, -0.1) is 0 Å². The van der Waals surface area contributed by atoms with Gasteiger partial charge < -0.3 is 5.32 Å². The lowest BCUT2D eigenvalue weighted by Crippen LogP contribution is -2.15. The fraction of sp³-hybridized carbons (Fsp3) is 0.105. The van der Waals surface area contributed by atoms with E-state index >= 15 is 0 Å². The first kappa shape index (κ1) is 17.0. The molecule has 128 valence electrons. The van der Waals surface area contributed by atoms with Gasteiger partial charge >= 0.3 is 0 Å². The Morgan fingerprint density at radius 1 is 1.16 bits per heavy atom. The van der Waals surface area contributed by atoms with Crippen molar-refractivity contribution in [3.8, 4) is 11.3 Å². The molecule has 0 unspecified atom stereocenters. The maximum absolute atomic E-state index is 12.8. The second-order valence-corrected chi connectivity index (χ2v) is 7.38. The monoisotopic (exact) mass is 353 g/mol. The average Bonchev–Trinajstić information content (AvgIpc) is 3.09. The molecule has 0 bridgehead atoms. The van der Waals surface area contributed by atoms with Gasteiger partial charge in [0, 0.05) is 25.6 Å². The van der Waals surface area contributed by atoms with Gasteiger partial charge in [0.1, 0.15) is 0 Å². The van der Waals surface area contributed by atoms with Crippen LogP contribution in [-0.2, 0) is 10.0 Å². The molecule has 0 saturated carbocycles. The van der Waals surface area contributed by atoms with E-state index in [4.69, 9.17) is 0 Å². The zero-order valence-corrected chi connectivity index (χ0v) is 14.6. The predicted octanol–water partition coefficient (Wildman–Crippen LogP) is 3.48. The van der Waals surface area contributed by atoms with Gasteiger partial charge in [-0.3, -0.25) is 4.98 Å². The molecule has 1 aromatic carbocycles. The van der Waals surface area contributed by atoms with Crippen LogP contribution in [0.15, 0.2) is 73.2 Å². The molecule has 0 spiro atoms. The first-order chi connectivity index (χ1) is 12.1. The third-order valence-corrected chi connectivity index (χ3v) is 5.26. The maximum Gasteiger partial charge on any atom is 0.242 e. The van der Waals surface area contributed by atoms with Crippen molar-refractivity contribution in [1.29, 1.82) is 0 Å². The summed E-state index contributed by atoms with van der Waals surface area (Å²) in [5.74, 6) is -0.0977. The van der Waals surface area contributed by atoms with Crippen LogP contribution in [0.25, 0.3) is 17.3 Å². The number of nitrogens with zero attached hydrogens (tertiary/aromatic N) is 2. The Morgan fingerprint density at radius 2 is 1.96 bits per heavy atom. The highest BCUT2D eigenvalue weighted by Crippen LogP contribution is 2.26. The Morgan fingerprint density at radius 3 is 2.64 bits per heavy atom. The molecular formula is C19H19N3O2S. The molecule has 0 aliphatic carbocycles. The first-order valence-electron chi connectivity index (χ1n) is 7.85. The van der Waals surface area contributed by atoms with Crippen LogP contribution in [0.1, 0.15) is 5.56 Å². The fourth-order valence-corrected chi connectivity index (χ4v) is 3.72. The lowest BCUT2D eigenvalue weighted by molar-refractivity contribution is 0.591. The molecule has 2 aromatic heterocycles. The molecule has 0 atom stereocenters. The summed E-state index contributed by atoms with van der Waals surface area (Å²) in [6, 6.07) is 15.0. The van der Waals surface area contributed by atoms with Crippen LogP contribution in [0.2, 0.25) is 0 Å². The summed E-state index contributed by atoms with van der Waals surface area (Å²) < 4.78 is 27.0. The van der Waals surface area contributed by atoms with Crippen molar-refractivity contribution in [1.82, 2.24) is 8.96 Å². The fourth-order valence-electron chi connectivity index (χ4n) is 2.49. The minimum Gasteiger partial charge on any atom is -0.387 e. The van der Waals surface area contributed by atoms with Crippen molar-refractivity contribution < 1.29 is 8.42 Å². The second kappa shape index (κ2) is 7.36. The number of aromatic nitrogens is 2. The second-order valence-electron chi connectivity index (χ2n) is 5.49. The molecule has 1 N–H and O–H groups in total. The van der Waals surface area contributed by atoms with E-state index in [-0.39, 0.29) is 5.75 Å². The van der Waals surface area contributed by atoms with Gasteiger partial charge in [0.15, 0.2) is 0 Å². The van der Waals surface area contributed by atoms with Crippen molar-refractivity contribution in [2.75, 3.05) is 18.1 Å². The smallest absolute Gasteiger partial charge is 0.242 e. The van der Waals surface area contributed by atoms with Gasteiger partial charge in [-0.05, 0) is 23.3 Å². The van der Waals surface area contributed by atoms with E-state index in [1.165, 1.54) is 3.97 Å². The molecule has 25 heavy (non-hydrogen) atoms. The van der Waals surface area contributed by atoms with Crippen LogP contribution in [0.3, 0.4) is 0 Å². The molecule has 3 rings (SSSR count). The van der Waals surface area contributed by atoms with E-state index in [1.54, 1.807) is 37.8 Å². The lowest BCUT2D eigenvalue weighted by atomic mass is 10.2. The summed E-state index contributed by atoms with van der Waals surface area (Å²) in [5.41, 5.74) is 3.10. The van der Waals surface area contributed by atoms with Crippen LogP contribution >= 0.6 is 0 Å². The van der Waals surface area contributed by atoms with E-state index in [9.17, 15) is 8.42 Å². The summed E-state index contributed by atoms with van der Waals surface area (Å²) >= 11 is 0. The largest absolute Gasteiger partial charge is 0.387 e. The lowest BCUT2D eigenvalue weighted by Gasteiger charge is -2.08. The Hall–Kier alpha value is -2.86. The number of rotatable bonds is 6. The molecule has 0 fully saturated rings. The Kier molecular flexibility index (Phi) is 5.00. The van der Waals surface area contributed by atoms with Gasteiger partial charge in [-0.2, -0.15) is 0 Å². The number of hydrogen-bond acceptors (Lipinski definition) is 4. The van der Waals surface area contributed by atoms with Gasteiger partial charge in [0.05, 0.1) is 17.1 Å². The minimum absolute atomic E-state index is 0.0977. The summed E-state index contributed by atoms with van der Waals surface area (Å²) in [5, 5.41) is 3.00. The quantitative estimate of drug-likeness (QED) is 0.737. The number of pyridine rings is 1. The molecule has 5 nitrogen and oxygen atoms in total. The molecule has 0 amide bonds. The standard InChI is InChI=1S/C19H19N3O2S/c1-20-18-13-19(17-9-3-2-4-10-17)22(15-18)25(23,24)12-6-8-16-7-5-11-21-14-16/h2-11,13-15,20H,12H2,1H3. The van der Waals surface area contributed by atoms with Crippen molar-refractivity contribution in [2.45, 2.75) is 0 Å². The zero-order valence-electron chi connectivity index (χ0n) is 13.8. The van der Waals surface area contributed by atoms with Crippen molar-refractivity contribution in [3.05, 3.63) is 78.8 Å².